The van der Waals surface area contributed by atoms with E-state index in [0.717, 1.165) is 18.5 Å². The highest BCUT2D eigenvalue weighted by molar-refractivity contribution is 5.09. The topological polar surface area (TPSA) is 32.5 Å². The normalized spacial score (nSPS) is 36.5. The molecule has 3 fully saturated rings. The first-order valence-corrected chi connectivity index (χ1v) is 8.49. The third-order valence-electron chi connectivity index (χ3n) is 6.13. The fraction of sp³-hybridized carbons (Fsp3) is 1.00. The number of nitrogens with two attached hydrogens (primary N) is 1. The Morgan fingerprint density at radius 2 is 2.00 bits per heavy atom. The van der Waals surface area contributed by atoms with Gasteiger partial charge in [-0.15, -0.1) is 0 Å². The molecule has 0 aromatic rings. The summed E-state index contributed by atoms with van der Waals surface area (Å²) in [7, 11) is 0. The summed E-state index contributed by atoms with van der Waals surface area (Å²) >= 11 is 0. The number of hydrogen-bond acceptors (Lipinski definition) is 3. The molecule has 2 saturated heterocycles. The second-order valence-electron chi connectivity index (χ2n) is 6.94. The van der Waals surface area contributed by atoms with Crippen molar-refractivity contribution in [3.63, 3.8) is 0 Å². The van der Waals surface area contributed by atoms with Crippen molar-refractivity contribution in [3.8, 4) is 0 Å². The van der Waals surface area contributed by atoms with Crippen molar-refractivity contribution in [2.75, 3.05) is 32.7 Å². The maximum absolute atomic E-state index is 6.32. The molecule has 19 heavy (non-hydrogen) atoms. The van der Waals surface area contributed by atoms with Gasteiger partial charge in [0.2, 0.25) is 0 Å². The number of hydrogen-bond donors (Lipinski definition) is 1. The molecule has 110 valence electrons. The average Bonchev–Trinajstić information content (AvgIpc) is 2.78. The minimum atomic E-state index is 0.296. The monoisotopic (exact) mass is 265 g/mol. The lowest BCUT2D eigenvalue weighted by atomic mass is 9.80. The number of rotatable bonds is 5. The first-order valence-electron chi connectivity index (χ1n) is 8.49. The van der Waals surface area contributed by atoms with E-state index in [1.807, 2.05) is 0 Å². The Labute approximate surface area is 118 Å². The zero-order chi connectivity index (χ0) is 13.3. The molecule has 3 rings (SSSR count). The molecule has 1 saturated carbocycles. The van der Waals surface area contributed by atoms with Gasteiger partial charge in [0.1, 0.15) is 0 Å². The fourth-order valence-electron chi connectivity index (χ4n) is 4.72. The van der Waals surface area contributed by atoms with Gasteiger partial charge in [-0.25, -0.2) is 0 Å². The van der Waals surface area contributed by atoms with E-state index in [1.165, 1.54) is 71.1 Å². The summed E-state index contributed by atoms with van der Waals surface area (Å²) < 4.78 is 0. The number of likely N-dealkylation sites (N-methyl/N-ethyl adjacent to an activating group) is 1. The molecule has 3 aliphatic rings. The lowest BCUT2D eigenvalue weighted by Crippen LogP contribution is -2.62. The summed E-state index contributed by atoms with van der Waals surface area (Å²) in [6.45, 7) is 8.27. The Balaban J connectivity index is 1.75. The molecular weight excluding hydrogens is 234 g/mol. The van der Waals surface area contributed by atoms with Crippen LogP contribution in [0.25, 0.3) is 0 Å². The second-order valence-corrected chi connectivity index (χ2v) is 6.94. The SMILES string of the molecule is CCN(CC1CCC1)C1(CN)CCN2CCCCC21. The first kappa shape index (κ1) is 13.8. The lowest BCUT2D eigenvalue weighted by Gasteiger charge is -2.49. The van der Waals surface area contributed by atoms with E-state index in [-0.39, 0.29) is 0 Å². The van der Waals surface area contributed by atoms with E-state index in [0.29, 0.717) is 5.54 Å². The van der Waals surface area contributed by atoms with E-state index >= 15 is 0 Å². The van der Waals surface area contributed by atoms with Crippen LogP contribution in [0.3, 0.4) is 0 Å². The smallest absolute Gasteiger partial charge is 0.0498 e. The molecule has 0 radical (unpaired) electrons. The van der Waals surface area contributed by atoms with Crippen molar-refractivity contribution in [2.45, 2.75) is 63.5 Å². The third kappa shape index (κ3) is 2.34. The van der Waals surface area contributed by atoms with Crippen LogP contribution in [0, 0.1) is 5.92 Å². The first-order chi connectivity index (χ1) is 9.30. The van der Waals surface area contributed by atoms with Gasteiger partial charge in [-0.1, -0.05) is 19.8 Å². The molecule has 2 heterocycles. The van der Waals surface area contributed by atoms with Crippen molar-refractivity contribution in [1.82, 2.24) is 9.80 Å². The zero-order valence-electron chi connectivity index (χ0n) is 12.6. The van der Waals surface area contributed by atoms with Crippen LogP contribution < -0.4 is 5.73 Å². The molecular formula is C16H31N3. The van der Waals surface area contributed by atoms with Crippen LogP contribution >= 0.6 is 0 Å². The van der Waals surface area contributed by atoms with Gasteiger partial charge in [0.25, 0.3) is 0 Å². The standard InChI is InChI=1S/C16H31N3/c1-2-19(12-14-6-5-7-14)16(13-17)9-11-18-10-4-3-8-15(16)18/h14-15H,2-13,17H2,1H3. The van der Waals surface area contributed by atoms with Crippen LogP contribution in [0.5, 0.6) is 0 Å². The quantitative estimate of drug-likeness (QED) is 0.826. The third-order valence-corrected chi connectivity index (χ3v) is 6.13. The summed E-state index contributed by atoms with van der Waals surface area (Å²) in [6.07, 6.45) is 9.83. The molecule has 0 amide bonds. The number of nitrogens with zero attached hydrogens (tertiary/aromatic N) is 2. The Bertz CT molecular complexity index is 302. The largest absolute Gasteiger partial charge is 0.329 e. The van der Waals surface area contributed by atoms with Crippen LogP contribution in [-0.4, -0.2) is 54.1 Å². The van der Waals surface area contributed by atoms with Gasteiger partial charge < -0.3 is 5.73 Å². The number of piperidine rings is 1. The van der Waals surface area contributed by atoms with Gasteiger partial charge in [-0.2, -0.15) is 0 Å². The van der Waals surface area contributed by atoms with Gasteiger partial charge in [0, 0.05) is 31.2 Å². The Hall–Kier alpha value is -0.120. The Morgan fingerprint density at radius 1 is 1.16 bits per heavy atom. The maximum atomic E-state index is 6.32. The molecule has 0 spiro atoms. The molecule has 0 aromatic carbocycles. The minimum Gasteiger partial charge on any atom is -0.329 e. The van der Waals surface area contributed by atoms with Crippen molar-refractivity contribution in [2.24, 2.45) is 11.7 Å². The lowest BCUT2D eigenvalue weighted by molar-refractivity contribution is 0.0205. The molecule has 3 nitrogen and oxygen atoms in total. The van der Waals surface area contributed by atoms with E-state index in [4.69, 9.17) is 5.73 Å². The summed E-state index contributed by atoms with van der Waals surface area (Å²) in [5, 5.41) is 0. The highest BCUT2D eigenvalue weighted by atomic mass is 15.3. The van der Waals surface area contributed by atoms with Gasteiger partial charge in [0.05, 0.1) is 0 Å². The molecule has 0 bridgehead atoms. The average molecular weight is 265 g/mol. The van der Waals surface area contributed by atoms with Crippen LogP contribution in [-0.2, 0) is 0 Å². The minimum absolute atomic E-state index is 0.296. The maximum Gasteiger partial charge on any atom is 0.0498 e. The highest BCUT2D eigenvalue weighted by Gasteiger charge is 2.50. The predicted molar refractivity (Wildman–Crippen MR) is 80.2 cm³/mol. The van der Waals surface area contributed by atoms with Gasteiger partial charge in [-0.05, 0) is 51.1 Å². The second kappa shape index (κ2) is 5.71. The van der Waals surface area contributed by atoms with E-state index in [2.05, 4.69) is 16.7 Å². The zero-order valence-corrected chi connectivity index (χ0v) is 12.6. The Kier molecular flexibility index (Phi) is 4.16. The molecule has 2 aliphatic heterocycles. The van der Waals surface area contributed by atoms with E-state index in [1.54, 1.807) is 0 Å². The van der Waals surface area contributed by atoms with E-state index < -0.39 is 0 Å². The van der Waals surface area contributed by atoms with Gasteiger partial charge in [0.15, 0.2) is 0 Å². The highest BCUT2D eigenvalue weighted by Crippen LogP contribution is 2.40. The van der Waals surface area contributed by atoms with Crippen LogP contribution in [0.2, 0.25) is 0 Å². The molecule has 1 aliphatic carbocycles. The van der Waals surface area contributed by atoms with Gasteiger partial charge >= 0.3 is 0 Å². The Morgan fingerprint density at radius 3 is 2.63 bits per heavy atom. The van der Waals surface area contributed by atoms with Gasteiger partial charge in [-0.3, -0.25) is 9.80 Å². The van der Waals surface area contributed by atoms with Crippen molar-refractivity contribution >= 4 is 0 Å². The molecule has 2 N–H and O–H groups in total. The van der Waals surface area contributed by atoms with Crippen LogP contribution in [0.15, 0.2) is 0 Å². The summed E-state index contributed by atoms with van der Waals surface area (Å²) in [5.41, 5.74) is 6.62. The number of fused-ring (bicyclic) bond motifs is 1. The van der Waals surface area contributed by atoms with E-state index in [9.17, 15) is 0 Å². The molecule has 0 aromatic heterocycles. The molecule has 2 atom stereocenters. The predicted octanol–water partition coefficient (Wildman–Crippen LogP) is 2.06. The van der Waals surface area contributed by atoms with Crippen molar-refractivity contribution < 1.29 is 0 Å². The summed E-state index contributed by atoms with van der Waals surface area (Å²) in [5.74, 6) is 0.959. The van der Waals surface area contributed by atoms with Crippen LogP contribution in [0.1, 0.15) is 51.9 Å². The summed E-state index contributed by atoms with van der Waals surface area (Å²) in [4.78, 5) is 5.51. The molecule has 3 heteroatoms. The summed E-state index contributed by atoms with van der Waals surface area (Å²) in [6, 6.07) is 0.742. The van der Waals surface area contributed by atoms with Crippen molar-refractivity contribution in [3.05, 3.63) is 0 Å². The fourth-order valence-corrected chi connectivity index (χ4v) is 4.72. The van der Waals surface area contributed by atoms with Crippen molar-refractivity contribution in [1.29, 1.82) is 0 Å². The van der Waals surface area contributed by atoms with Crippen LogP contribution in [0.4, 0.5) is 0 Å². The molecule has 2 unspecified atom stereocenters.